The van der Waals surface area contributed by atoms with Crippen molar-refractivity contribution >= 4 is 54.8 Å². The molecule has 0 unspecified atom stereocenters. The van der Waals surface area contributed by atoms with E-state index in [4.69, 9.17) is 28.5 Å². The molecule has 1 heterocycles. The standard InChI is InChI=1S/C18H16BrCl2N3O2S/c19-14-10-16(20)18(17(21)11-14)27(25,26)24-7-1-6-23(8-9-24)15-4-2-13(12-22)3-5-15/h2-5,10-11H,1,6-9H2. The Morgan fingerprint density at radius 2 is 1.63 bits per heavy atom. The molecule has 27 heavy (non-hydrogen) atoms. The largest absolute Gasteiger partial charge is 0.370 e. The molecule has 1 saturated heterocycles. The Bertz CT molecular complexity index is 968. The molecule has 0 aromatic heterocycles. The minimum absolute atomic E-state index is 0.0548. The monoisotopic (exact) mass is 487 g/mol. The van der Waals surface area contributed by atoms with Gasteiger partial charge in [-0.05, 0) is 42.8 Å². The van der Waals surface area contributed by atoms with E-state index in [1.165, 1.54) is 16.4 Å². The van der Waals surface area contributed by atoms with Gasteiger partial charge in [-0.15, -0.1) is 0 Å². The topological polar surface area (TPSA) is 64.4 Å². The minimum atomic E-state index is -3.80. The predicted octanol–water partition coefficient (Wildman–Crippen LogP) is 4.53. The van der Waals surface area contributed by atoms with Crippen LogP contribution in [0.3, 0.4) is 0 Å². The molecule has 0 N–H and O–H groups in total. The SMILES string of the molecule is N#Cc1ccc(N2CCCN(S(=O)(=O)c3c(Cl)cc(Br)cc3Cl)CC2)cc1. The van der Waals surface area contributed by atoms with E-state index in [0.717, 1.165) is 12.2 Å². The number of anilines is 1. The molecule has 0 atom stereocenters. The van der Waals surface area contributed by atoms with Gasteiger partial charge >= 0.3 is 0 Å². The molecule has 0 spiro atoms. The van der Waals surface area contributed by atoms with Crippen LogP contribution < -0.4 is 4.90 Å². The molecule has 0 bridgehead atoms. The van der Waals surface area contributed by atoms with E-state index < -0.39 is 10.0 Å². The maximum absolute atomic E-state index is 13.1. The van der Waals surface area contributed by atoms with Gasteiger partial charge in [0, 0.05) is 36.3 Å². The summed E-state index contributed by atoms with van der Waals surface area (Å²) in [6.45, 7) is 1.97. The van der Waals surface area contributed by atoms with E-state index in [9.17, 15) is 8.42 Å². The van der Waals surface area contributed by atoms with E-state index in [-0.39, 0.29) is 14.9 Å². The molecule has 0 radical (unpaired) electrons. The van der Waals surface area contributed by atoms with Gasteiger partial charge in [-0.3, -0.25) is 0 Å². The highest BCUT2D eigenvalue weighted by Crippen LogP contribution is 2.35. The summed E-state index contributed by atoms with van der Waals surface area (Å²) in [5.74, 6) is 0. The van der Waals surface area contributed by atoms with Crippen molar-refractivity contribution in [3.05, 3.63) is 56.5 Å². The van der Waals surface area contributed by atoms with Gasteiger partial charge in [0.1, 0.15) is 4.90 Å². The molecule has 1 fully saturated rings. The first-order chi connectivity index (χ1) is 12.8. The van der Waals surface area contributed by atoms with E-state index in [0.29, 0.717) is 36.1 Å². The fourth-order valence-corrected chi connectivity index (χ4v) is 6.40. The zero-order valence-electron chi connectivity index (χ0n) is 14.2. The fourth-order valence-electron chi connectivity index (χ4n) is 3.04. The second kappa shape index (κ2) is 8.38. The third-order valence-corrected chi connectivity index (χ3v) is 7.66. The number of benzene rings is 2. The van der Waals surface area contributed by atoms with Crippen LogP contribution in [0.2, 0.25) is 10.0 Å². The van der Waals surface area contributed by atoms with Gasteiger partial charge in [0.05, 0.1) is 21.7 Å². The van der Waals surface area contributed by atoms with Crippen molar-refractivity contribution in [2.45, 2.75) is 11.3 Å². The molecular weight excluding hydrogens is 473 g/mol. The molecule has 1 aliphatic heterocycles. The van der Waals surface area contributed by atoms with Gasteiger partial charge in [-0.1, -0.05) is 39.1 Å². The highest BCUT2D eigenvalue weighted by atomic mass is 79.9. The Morgan fingerprint density at radius 3 is 2.22 bits per heavy atom. The van der Waals surface area contributed by atoms with Crippen LogP contribution in [0, 0.1) is 11.3 Å². The van der Waals surface area contributed by atoms with Gasteiger partial charge in [0.15, 0.2) is 0 Å². The summed E-state index contributed by atoms with van der Waals surface area (Å²) in [5, 5.41) is 9.12. The second-order valence-corrected chi connectivity index (χ2v) is 9.71. The average molecular weight is 489 g/mol. The molecule has 142 valence electrons. The fraction of sp³-hybridized carbons (Fsp3) is 0.278. The predicted molar refractivity (Wildman–Crippen MR) is 111 cm³/mol. The molecule has 0 aliphatic carbocycles. The zero-order chi connectivity index (χ0) is 19.6. The maximum Gasteiger partial charge on any atom is 0.246 e. The molecule has 0 amide bonds. The highest BCUT2D eigenvalue weighted by Gasteiger charge is 2.31. The van der Waals surface area contributed by atoms with Gasteiger partial charge in [0.25, 0.3) is 0 Å². The summed E-state index contributed by atoms with van der Waals surface area (Å²) in [5.41, 5.74) is 1.56. The second-order valence-electron chi connectivity index (χ2n) is 6.10. The Hall–Kier alpha value is -1.30. The molecule has 0 saturated carbocycles. The van der Waals surface area contributed by atoms with Crippen LogP contribution in [0.5, 0.6) is 0 Å². The smallest absolute Gasteiger partial charge is 0.246 e. The van der Waals surface area contributed by atoms with Crippen LogP contribution in [0.4, 0.5) is 5.69 Å². The third kappa shape index (κ3) is 4.41. The Labute approximate surface area is 177 Å². The minimum Gasteiger partial charge on any atom is -0.370 e. The number of hydrogen-bond acceptors (Lipinski definition) is 4. The van der Waals surface area contributed by atoms with E-state index in [1.807, 2.05) is 12.1 Å². The van der Waals surface area contributed by atoms with Crippen molar-refractivity contribution in [1.82, 2.24) is 4.31 Å². The molecule has 2 aromatic carbocycles. The van der Waals surface area contributed by atoms with Gasteiger partial charge in [-0.2, -0.15) is 9.57 Å². The van der Waals surface area contributed by atoms with E-state index in [1.54, 1.807) is 12.1 Å². The molecule has 1 aliphatic rings. The van der Waals surface area contributed by atoms with Crippen LogP contribution in [-0.4, -0.2) is 38.9 Å². The summed E-state index contributed by atoms with van der Waals surface area (Å²) in [4.78, 5) is 2.06. The molecule has 5 nitrogen and oxygen atoms in total. The number of halogens is 3. The van der Waals surface area contributed by atoms with E-state index >= 15 is 0 Å². The summed E-state index contributed by atoms with van der Waals surface area (Å²) < 4.78 is 28.3. The van der Waals surface area contributed by atoms with Crippen molar-refractivity contribution in [2.75, 3.05) is 31.1 Å². The van der Waals surface area contributed by atoms with Crippen molar-refractivity contribution in [3.63, 3.8) is 0 Å². The van der Waals surface area contributed by atoms with Crippen LogP contribution >= 0.6 is 39.1 Å². The first-order valence-electron chi connectivity index (χ1n) is 8.23. The van der Waals surface area contributed by atoms with Crippen LogP contribution in [0.1, 0.15) is 12.0 Å². The first-order valence-corrected chi connectivity index (χ1v) is 11.2. The lowest BCUT2D eigenvalue weighted by Crippen LogP contribution is -2.35. The number of rotatable bonds is 3. The van der Waals surface area contributed by atoms with Crippen molar-refractivity contribution < 1.29 is 8.42 Å². The van der Waals surface area contributed by atoms with Crippen LogP contribution in [0.25, 0.3) is 0 Å². The molecular formula is C18H16BrCl2N3O2S. The lowest BCUT2D eigenvalue weighted by molar-refractivity contribution is 0.433. The molecule has 3 rings (SSSR count). The number of hydrogen-bond donors (Lipinski definition) is 0. The van der Waals surface area contributed by atoms with Crippen molar-refractivity contribution in [2.24, 2.45) is 0 Å². The lowest BCUT2D eigenvalue weighted by atomic mass is 10.2. The summed E-state index contributed by atoms with van der Waals surface area (Å²) in [6, 6.07) is 12.4. The van der Waals surface area contributed by atoms with Gasteiger partial charge in [0.2, 0.25) is 10.0 Å². The summed E-state index contributed by atoms with van der Waals surface area (Å²) >= 11 is 15.6. The Morgan fingerprint density at radius 1 is 1.00 bits per heavy atom. The average Bonchev–Trinajstić information content (AvgIpc) is 2.87. The Kier molecular flexibility index (Phi) is 6.34. The lowest BCUT2D eigenvalue weighted by Gasteiger charge is -2.24. The van der Waals surface area contributed by atoms with Crippen molar-refractivity contribution in [1.29, 1.82) is 5.26 Å². The zero-order valence-corrected chi connectivity index (χ0v) is 18.1. The van der Waals surface area contributed by atoms with Crippen LogP contribution in [0.15, 0.2) is 45.8 Å². The van der Waals surface area contributed by atoms with E-state index in [2.05, 4.69) is 26.9 Å². The maximum atomic E-state index is 13.1. The molecule has 9 heteroatoms. The molecule has 2 aromatic rings. The number of nitriles is 1. The third-order valence-electron chi connectivity index (χ3n) is 4.38. The van der Waals surface area contributed by atoms with Crippen molar-refractivity contribution in [3.8, 4) is 6.07 Å². The summed E-state index contributed by atoms with van der Waals surface area (Å²) in [6.07, 6.45) is 0.672. The van der Waals surface area contributed by atoms with Crippen LogP contribution in [-0.2, 0) is 10.0 Å². The number of nitrogens with zero attached hydrogens (tertiary/aromatic N) is 3. The Balaban J connectivity index is 1.82. The van der Waals surface area contributed by atoms with Gasteiger partial charge in [-0.25, -0.2) is 8.42 Å². The highest BCUT2D eigenvalue weighted by molar-refractivity contribution is 9.10. The summed E-state index contributed by atoms with van der Waals surface area (Å²) in [7, 11) is -3.80. The quantitative estimate of drug-likeness (QED) is 0.636. The number of sulfonamides is 1. The first kappa shape index (κ1) is 20.4. The normalized spacial score (nSPS) is 16.0. The van der Waals surface area contributed by atoms with Gasteiger partial charge < -0.3 is 4.90 Å².